The van der Waals surface area contributed by atoms with E-state index in [2.05, 4.69) is 47.8 Å². The molecule has 1 aromatic carbocycles. The second-order valence-electron chi connectivity index (χ2n) is 6.06. The fourth-order valence-electron chi connectivity index (χ4n) is 2.79. The van der Waals surface area contributed by atoms with Crippen LogP contribution in [0.3, 0.4) is 0 Å². The fraction of sp³-hybridized carbons (Fsp3) is 0.471. The third-order valence-corrected chi connectivity index (χ3v) is 4.53. The number of ether oxygens (including phenoxy) is 1. The maximum atomic E-state index is 5.24. The number of nitrogens with one attached hydrogen (secondary N) is 1. The minimum Gasteiger partial charge on any atom is -0.497 e. The van der Waals surface area contributed by atoms with Gasteiger partial charge in [0.1, 0.15) is 5.75 Å². The number of aryl methyl sites for hydroxylation is 1. The lowest BCUT2D eigenvalue weighted by Gasteiger charge is -2.20. The molecule has 0 amide bonds. The maximum Gasteiger partial charge on any atom is 0.118 e. The van der Waals surface area contributed by atoms with E-state index in [9.17, 15) is 0 Å². The average molecular weight is 285 g/mol. The van der Waals surface area contributed by atoms with Crippen molar-refractivity contribution in [1.82, 2.24) is 15.1 Å². The standard InChI is InChI=1S/C17H23N3O/c1-13(14-10-19-20(2)11-14)18-12-17(8-9-17)15-4-6-16(21-3)7-5-15/h4-7,10-11,13,18H,8-9,12H2,1-3H3. The summed E-state index contributed by atoms with van der Waals surface area (Å²) in [6, 6.07) is 8.83. The highest BCUT2D eigenvalue weighted by Crippen LogP contribution is 2.48. The molecule has 1 N–H and O–H groups in total. The van der Waals surface area contributed by atoms with Crippen LogP contribution in [0, 0.1) is 0 Å². The Balaban J connectivity index is 1.63. The number of benzene rings is 1. The van der Waals surface area contributed by atoms with Gasteiger partial charge in [0.2, 0.25) is 0 Å². The Kier molecular flexibility index (Phi) is 3.72. The van der Waals surface area contributed by atoms with E-state index in [4.69, 9.17) is 4.74 Å². The molecule has 2 aromatic rings. The van der Waals surface area contributed by atoms with Gasteiger partial charge in [-0.05, 0) is 37.5 Å². The molecule has 1 saturated carbocycles. The Morgan fingerprint density at radius 1 is 1.33 bits per heavy atom. The summed E-state index contributed by atoms with van der Waals surface area (Å²) in [5, 5.41) is 7.90. The first-order valence-electron chi connectivity index (χ1n) is 7.49. The molecule has 1 aromatic heterocycles. The van der Waals surface area contributed by atoms with Gasteiger partial charge in [-0.2, -0.15) is 5.10 Å². The first kappa shape index (κ1) is 14.1. The van der Waals surface area contributed by atoms with Crippen LogP contribution in [-0.4, -0.2) is 23.4 Å². The molecule has 1 aliphatic rings. The highest BCUT2D eigenvalue weighted by Gasteiger charge is 2.44. The molecule has 1 atom stereocenters. The van der Waals surface area contributed by atoms with Crippen LogP contribution in [0.15, 0.2) is 36.7 Å². The zero-order valence-corrected chi connectivity index (χ0v) is 13.0. The topological polar surface area (TPSA) is 39.1 Å². The van der Waals surface area contributed by atoms with E-state index in [1.165, 1.54) is 24.0 Å². The summed E-state index contributed by atoms with van der Waals surface area (Å²) in [6.45, 7) is 3.20. The van der Waals surface area contributed by atoms with Crippen molar-refractivity contribution in [3.8, 4) is 5.75 Å². The van der Waals surface area contributed by atoms with Gasteiger partial charge in [-0.15, -0.1) is 0 Å². The molecular formula is C17H23N3O. The van der Waals surface area contributed by atoms with Gasteiger partial charge in [0, 0.05) is 36.8 Å². The van der Waals surface area contributed by atoms with Gasteiger partial charge in [0.25, 0.3) is 0 Å². The number of hydrogen-bond donors (Lipinski definition) is 1. The van der Waals surface area contributed by atoms with Crippen molar-refractivity contribution in [2.75, 3.05) is 13.7 Å². The monoisotopic (exact) mass is 285 g/mol. The summed E-state index contributed by atoms with van der Waals surface area (Å²) >= 11 is 0. The Labute approximate surface area is 126 Å². The quantitative estimate of drug-likeness (QED) is 0.887. The summed E-state index contributed by atoms with van der Waals surface area (Å²) < 4.78 is 7.09. The molecule has 21 heavy (non-hydrogen) atoms. The molecule has 1 unspecified atom stereocenters. The Bertz CT molecular complexity index is 599. The summed E-state index contributed by atoms with van der Waals surface area (Å²) in [5.74, 6) is 0.922. The van der Waals surface area contributed by atoms with Crippen LogP contribution in [0.1, 0.15) is 36.9 Å². The summed E-state index contributed by atoms with van der Waals surface area (Å²) in [7, 11) is 3.66. The number of rotatable bonds is 6. The van der Waals surface area contributed by atoms with Crippen LogP contribution in [0.2, 0.25) is 0 Å². The lowest BCUT2D eigenvalue weighted by Crippen LogP contribution is -2.29. The summed E-state index contributed by atoms with van der Waals surface area (Å²) in [4.78, 5) is 0. The van der Waals surface area contributed by atoms with E-state index in [1.807, 2.05) is 17.9 Å². The first-order chi connectivity index (χ1) is 10.1. The smallest absolute Gasteiger partial charge is 0.118 e. The molecule has 4 heteroatoms. The van der Waals surface area contributed by atoms with Crippen molar-refractivity contribution in [3.63, 3.8) is 0 Å². The molecule has 0 spiro atoms. The van der Waals surface area contributed by atoms with Crippen molar-refractivity contribution in [2.45, 2.75) is 31.2 Å². The zero-order valence-electron chi connectivity index (χ0n) is 13.0. The van der Waals surface area contributed by atoms with Crippen LogP contribution in [0.25, 0.3) is 0 Å². The van der Waals surface area contributed by atoms with Gasteiger partial charge in [-0.1, -0.05) is 12.1 Å². The molecule has 0 bridgehead atoms. The first-order valence-corrected chi connectivity index (χ1v) is 7.49. The van der Waals surface area contributed by atoms with Crippen LogP contribution < -0.4 is 10.1 Å². The van der Waals surface area contributed by atoms with Gasteiger partial charge < -0.3 is 10.1 Å². The molecule has 1 heterocycles. The number of nitrogens with zero attached hydrogens (tertiary/aromatic N) is 2. The van der Waals surface area contributed by atoms with Crippen LogP contribution >= 0.6 is 0 Å². The Morgan fingerprint density at radius 3 is 2.57 bits per heavy atom. The summed E-state index contributed by atoms with van der Waals surface area (Å²) in [6.07, 6.45) is 6.52. The van der Waals surface area contributed by atoms with E-state index >= 15 is 0 Å². The molecule has 0 radical (unpaired) electrons. The molecular weight excluding hydrogens is 262 g/mol. The van der Waals surface area contributed by atoms with Crippen molar-refractivity contribution < 1.29 is 4.74 Å². The molecule has 4 nitrogen and oxygen atoms in total. The third-order valence-electron chi connectivity index (χ3n) is 4.53. The lowest BCUT2D eigenvalue weighted by molar-refractivity contribution is 0.414. The SMILES string of the molecule is COc1ccc(C2(CNC(C)c3cnn(C)c3)CC2)cc1. The predicted octanol–water partition coefficient (Wildman–Crippen LogP) is 2.81. The van der Waals surface area contributed by atoms with Crippen LogP contribution in [0.5, 0.6) is 5.75 Å². The average Bonchev–Trinajstić information content (AvgIpc) is 3.19. The molecule has 3 rings (SSSR count). The van der Waals surface area contributed by atoms with E-state index in [-0.39, 0.29) is 0 Å². The van der Waals surface area contributed by atoms with E-state index in [0.29, 0.717) is 11.5 Å². The van der Waals surface area contributed by atoms with Crippen molar-refractivity contribution in [3.05, 3.63) is 47.8 Å². The normalized spacial score (nSPS) is 17.5. The van der Waals surface area contributed by atoms with Crippen LogP contribution in [0.4, 0.5) is 0 Å². The van der Waals surface area contributed by atoms with Gasteiger partial charge >= 0.3 is 0 Å². The third kappa shape index (κ3) is 2.95. The van der Waals surface area contributed by atoms with E-state index < -0.39 is 0 Å². The Hall–Kier alpha value is -1.81. The second kappa shape index (κ2) is 5.53. The minimum atomic E-state index is 0.308. The van der Waals surface area contributed by atoms with Crippen LogP contribution in [-0.2, 0) is 12.5 Å². The largest absolute Gasteiger partial charge is 0.497 e. The second-order valence-corrected chi connectivity index (χ2v) is 6.06. The lowest BCUT2D eigenvalue weighted by atomic mass is 9.95. The predicted molar refractivity (Wildman–Crippen MR) is 83.5 cm³/mol. The molecule has 112 valence electrons. The van der Waals surface area contributed by atoms with Gasteiger partial charge in [-0.3, -0.25) is 4.68 Å². The highest BCUT2D eigenvalue weighted by atomic mass is 16.5. The minimum absolute atomic E-state index is 0.308. The maximum absolute atomic E-state index is 5.24. The molecule has 1 aliphatic carbocycles. The fourth-order valence-corrected chi connectivity index (χ4v) is 2.79. The van der Waals surface area contributed by atoms with E-state index in [1.54, 1.807) is 7.11 Å². The number of methoxy groups -OCH3 is 1. The molecule has 1 fully saturated rings. The molecule has 0 aliphatic heterocycles. The van der Waals surface area contributed by atoms with E-state index in [0.717, 1.165) is 12.3 Å². The van der Waals surface area contributed by atoms with Gasteiger partial charge in [-0.25, -0.2) is 0 Å². The number of aromatic nitrogens is 2. The van der Waals surface area contributed by atoms with Gasteiger partial charge in [0.05, 0.1) is 13.3 Å². The molecule has 0 saturated heterocycles. The zero-order chi connectivity index (χ0) is 14.9. The van der Waals surface area contributed by atoms with Crippen molar-refractivity contribution >= 4 is 0 Å². The Morgan fingerprint density at radius 2 is 2.05 bits per heavy atom. The van der Waals surface area contributed by atoms with Crippen molar-refractivity contribution in [1.29, 1.82) is 0 Å². The highest BCUT2D eigenvalue weighted by molar-refractivity contribution is 5.36. The number of hydrogen-bond acceptors (Lipinski definition) is 3. The van der Waals surface area contributed by atoms with Crippen molar-refractivity contribution in [2.24, 2.45) is 7.05 Å². The summed E-state index contributed by atoms with van der Waals surface area (Å²) in [5.41, 5.74) is 2.96. The van der Waals surface area contributed by atoms with Gasteiger partial charge in [0.15, 0.2) is 0 Å².